The molecule has 0 spiro atoms. The number of aryl methyl sites for hydroxylation is 1. The number of phenols is 1. The summed E-state index contributed by atoms with van der Waals surface area (Å²) in [5.74, 6) is -1.68. The minimum atomic E-state index is -0.713. The van der Waals surface area contributed by atoms with Crippen LogP contribution in [0.5, 0.6) is 11.5 Å². The van der Waals surface area contributed by atoms with E-state index in [0.717, 1.165) is 11.1 Å². The molecule has 2 aliphatic rings. The molecule has 1 aliphatic heterocycles. The summed E-state index contributed by atoms with van der Waals surface area (Å²) in [5, 5.41) is 24.3. The van der Waals surface area contributed by atoms with Crippen molar-refractivity contribution in [2.75, 3.05) is 7.11 Å². The number of ketones is 1. The first-order valence-electron chi connectivity index (χ1n) is 9.96. The molecule has 2 aromatic carbocycles. The molecule has 1 aliphatic carbocycles. The van der Waals surface area contributed by atoms with Crippen LogP contribution in [0.2, 0.25) is 0 Å². The predicted octanol–water partition coefficient (Wildman–Crippen LogP) is 3.62. The second-order valence-corrected chi connectivity index (χ2v) is 7.98. The summed E-state index contributed by atoms with van der Waals surface area (Å²) in [6, 6.07) is 10.6. The molecule has 2 N–H and O–H groups in total. The van der Waals surface area contributed by atoms with Gasteiger partial charge >= 0.3 is 5.69 Å². The number of nitro benzene ring substituents is 1. The first-order valence-corrected chi connectivity index (χ1v) is 9.96. The predicted molar refractivity (Wildman–Crippen MR) is 112 cm³/mol. The number of nitrogens with zero attached hydrogens (tertiary/aromatic N) is 1. The number of nitro groups is 1. The fraction of sp³-hybridized carbons (Fsp3) is 0.304. The average Bonchev–Trinajstić information content (AvgIpc) is 2.73. The number of aromatic hydroxyl groups is 1. The van der Waals surface area contributed by atoms with Crippen LogP contribution in [0, 0.1) is 17.0 Å². The number of methoxy groups -OCH3 is 1. The van der Waals surface area contributed by atoms with E-state index in [1.165, 1.54) is 19.2 Å². The van der Waals surface area contributed by atoms with Crippen LogP contribution in [0.3, 0.4) is 0 Å². The number of amides is 1. The van der Waals surface area contributed by atoms with Crippen LogP contribution in [0.25, 0.3) is 0 Å². The molecule has 8 nitrogen and oxygen atoms in total. The lowest BCUT2D eigenvalue weighted by atomic mass is 9.73. The summed E-state index contributed by atoms with van der Waals surface area (Å²) in [7, 11) is 1.29. The van der Waals surface area contributed by atoms with Crippen LogP contribution in [0.4, 0.5) is 5.69 Å². The number of ether oxygens (including phenoxy) is 1. The van der Waals surface area contributed by atoms with E-state index < -0.39 is 22.3 Å². The normalized spacial score (nSPS) is 20.8. The van der Waals surface area contributed by atoms with Gasteiger partial charge in [-0.05, 0) is 36.5 Å². The topological polar surface area (TPSA) is 119 Å². The highest BCUT2D eigenvalue weighted by atomic mass is 16.6. The second-order valence-electron chi connectivity index (χ2n) is 7.98. The van der Waals surface area contributed by atoms with Gasteiger partial charge in [-0.2, -0.15) is 0 Å². The third-order valence-corrected chi connectivity index (χ3v) is 5.98. The molecule has 31 heavy (non-hydrogen) atoms. The maximum absolute atomic E-state index is 13.2. The number of rotatable bonds is 4. The van der Waals surface area contributed by atoms with Gasteiger partial charge in [-0.3, -0.25) is 19.7 Å². The first kappa shape index (κ1) is 20.6. The van der Waals surface area contributed by atoms with Gasteiger partial charge in [0.15, 0.2) is 11.5 Å². The maximum Gasteiger partial charge on any atom is 0.314 e. The Hall–Kier alpha value is -3.68. The molecule has 0 radical (unpaired) electrons. The largest absolute Gasteiger partial charge is 0.500 e. The number of carbonyl (C=O) groups excluding carboxylic acids is 2. The third-order valence-electron chi connectivity index (χ3n) is 5.98. The minimum absolute atomic E-state index is 0.00907. The molecule has 2 unspecified atom stereocenters. The summed E-state index contributed by atoms with van der Waals surface area (Å²) < 4.78 is 5.09. The number of nitrogens with one attached hydrogen (secondary N) is 1. The second kappa shape index (κ2) is 7.86. The Morgan fingerprint density at radius 2 is 1.81 bits per heavy atom. The van der Waals surface area contributed by atoms with Gasteiger partial charge in [0.1, 0.15) is 0 Å². The number of hydrogen-bond acceptors (Lipinski definition) is 6. The zero-order valence-corrected chi connectivity index (χ0v) is 17.2. The number of carbonyl (C=O) groups is 2. The van der Waals surface area contributed by atoms with Crippen molar-refractivity contribution in [2.45, 2.75) is 38.0 Å². The zero-order chi connectivity index (χ0) is 22.3. The molecule has 2 aromatic rings. The average molecular weight is 422 g/mol. The van der Waals surface area contributed by atoms with Crippen molar-refractivity contribution >= 4 is 17.4 Å². The van der Waals surface area contributed by atoms with Gasteiger partial charge in [-0.1, -0.05) is 29.8 Å². The molecule has 160 valence electrons. The number of phenolic OH excluding ortho intramolecular Hbond substituents is 1. The maximum atomic E-state index is 13.2. The monoisotopic (exact) mass is 422 g/mol. The van der Waals surface area contributed by atoms with Crippen LogP contribution < -0.4 is 10.1 Å². The lowest BCUT2D eigenvalue weighted by molar-refractivity contribution is -0.386. The molecular formula is C23H22N2O6. The molecule has 0 bridgehead atoms. The molecule has 2 atom stereocenters. The third kappa shape index (κ3) is 3.76. The zero-order valence-electron chi connectivity index (χ0n) is 17.2. The molecule has 0 saturated heterocycles. The molecule has 8 heteroatoms. The van der Waals surface area contributed by atoms with Crippen LogP contribution in [-0.2, 0) is 9.59 Å². The van der Waals surface area contributed by atoms with Crippen LogP contribution in [0.15, 0.2) is 47.7 Å². The summed E-state index contributed by atoms with van der Waals surface area (Å²) in [5.41, 5.74) is 3.07. The van der Waals surface area contributed by atoms with Crippen molar-refractivity contribution in [3.63, 3.8) is 0 Å². The SMILES string of the molecule is COc1cc(C2CC(=O)NC3=C2C(=O)CC(c2ccc(C)cc2)C3)cc([N+](=O)[O-])c1O. The van der Waals surface area contributed by atoms with Crippen LogP contribution >= 0.6 is 0 Å². The number of allylic oxidation sites excluding steroid dienone is 2. The Kier molecular flexibility index (Phi) is 5.22. The molecule has 1 amide bonds. The van der Waals surface area contributed by atoms with E-state index in [4.69, 9.17) is 4.74 Å². The highest BCUT2D eigenvalue weighted by Crippen LogP contribution is 2.46. The summed E-state index contributed by atoms with van der Waals surface area (Å²) in [6.07, 6.45) is 0.792. The Bertz CT molecular complexity index is 1120. The fourth-order valence-corrected chi connectivity index (χ4v) is 4.43. The van der Waals surface area contributed by atoms with Crippen molar-refractivity contribution in [1.82, 2.24) is 5.32 Å². The number of Topliss-reactive ketones (excluding diaryl/α,β-unsaturated/α-hetero) is 1. The van der Waals surface area contributed by atoms with Gasteiger partial charge in [0.25, 0.3) is 0 Å². The molecule has 1 heterocycles. The molecule has 0 fully saturated rings. The number of benzene rings is 2. The standard InChI is InChI=1S/C23H22N2O6/c1-12-3-5-13(6-4-12)14-7-17-22(19(26)9-14)16(11-21(27)24-17)15-8-18(25(29)30)23(28)20(10-15)31-2/h3-6,8,10,14,16,28H,7,9,11H2,1-2H3,(H,24,27). The van der Waals surface area contributed by atoms with Gasteiger partial charge in [0.2, 0.25) is 11.7 Å². The summed E-state index contributed by atoms with van der Waals surface area (Å²) in [6.45, 7) is 1.99. The minimum Gasteiger partial charge on any atom is -0.500 e. The quantitative estimate of drug-likeness (QED) is 0.574. The van der Waals surface area contributed by atoms with E-state index in [1.807, 2.05) is 31.2 Å². The van der Waals surface area contributed by atoms with Crippen LogP contribution in [0.1, 0.15) is 47.8 Å². The molecule has 0 aromatic heterocycles. The Morgan fingerprint density at radius 1 is 1.10 bits per heavy atom. The Morgan fingerprint density at radius 3 is 2.45 bits per heavy atom. The van der Waals surface area contributed by atoms with Gasteiger partial charge in [0.05, 0.1) is 12.0 Å². The fourth-order valence-electron chi connectivity index (χ4n) is 4.43. The smallest absolute Gasteiger partial charge is 0.314 e. The lowest BCUT2D eigenvalue weighted by Gasteiger charge is -2.34. The number of hydrogen-bond donors (Lipinski definition) is 2. The highest BCUT2D eigenvalue weighted by Gasteiger charge is 2.39. The van der Waals surface area contributed by atoms with Gasteiger partial charge in [-0.25, -0.2) is 0 Å². The summed E-state index contributed by atoms with van der Waals surface area (Å²) >= 11 is 0. The van der Waals surface area contributed by atoms with Crippen molar-refractivity contribution in [2.24, 2.45) is 0 Å². The van der Waals surface area contributed by atoms with Crippen LogP contribution in [-0.4, -0.2) is 28.8 Å². The van der Waals surface area contributed by atoms with Gasteiger partial charge in [0, 0.05) is 36.1 Å². The van der Waals surface area contributed by atoms with Gasteiger partial charge < -0.3 is 15.2 Å². The lowest BCUT2D eigenvalue weighted by Crippen LogP contribution is -2.38. The van der Waals surface area contributed by atoms with E-state index >= 15 is 0 Å². The van der Waals surface area contributed by atoms with Crippen molar-refractivity contribution in [1.29, 1.82) is 0 Å². The highest BCUT2D eigenvalue weighted by molar-refractivity contribution is 6.02. The van der Waals surface area contributed by atoms with E-state index in [1.54, 1.807) is 0 Å². The van der Waals surface area contributed by atoms with E-state index in [-0.39, 0.29) is 29.8 Å². The first-order chi connectivity index (χ1) is 14.8. The van der Waals surface area contributed by atoms with Crippen molar-refractivity contribution < 1.29 is 24.4 Å². The Balaban J connectivity index is 1.77. The van der Waals surface area contributed by atoms with Crippen molar-refractivity contribution in [3.8, 4) is 11.5 Å². The molecular weight excluding hydrogens is 400 g/mol. The van der Waals surface area contributed by atoms with Gasteiger partial charge in [-0.15, -0.1) is 0 Å². The summed E-state index contributed by atoms with van der Waals surface area (Å²) in [4.78, 5) is 36.3. The Labute approximate surface area is 178 Å². The van der Waals surface area contributed by atoms with E-state index in [9.17, 15) is 24.8 Å². The molecule has 0 saturated carbocycles. The van der Waals surface area contributed by atoms with E-state index in [2.05, 4.69) is 5.32 Å². The van der Waals surface area contributed by atoms with E-state index in [0.29, 0.717) is 29.7 Å². The van der Waals surface area contributed by atoms with Crippen molar-refractivity contribution in [3.05, 3.63) is 74.5 Å². The molecule has 4 rings (SSSR count).